The molecule has 0 fully saturated rings. The van der Waals surface area contributed by atoms with Gasteiger partial charge in [-0.2, -0.15) is 0 Å². The summed E-state index contributed by atoms with van der Waals surface area (Å²) in [4.78, 5) is -0.635. The first-order valence-electron chi connectivity index (χ1n) is 7.63. The van der Waals surface area contributed by atoms with Crippen LogP contribution < -0.4 is 119 Å². The largest absolute Gasteiger partial charge is 1.00 e. The van der Waals surface area contributed by atoms with E-state index in [1.54, 1.807) is 24.3 Å². The molecular weight excluding hydrogens is 485 g/mol. The SMILES string of the molecule is O=S(=O)([O-])c1ccc(P(c2ccccc2)c2ccc(S(=O)(=O)[O-])cc2)cc1.[K+].[K+]. The van der Waals surface area contributed by atoms with E-state index in [-0.39, 0.29) is 113 Å². The quantitative estimate of drug-likeness (QED) is 0.198. The van der Waals surface area contributed by atoms with Crippen molar-refractivity contribution in [3.8, 4) is 0 Å². The molecule has 0 spiro atoms. The van der Waals surface area contributed by atoms with Crippen LogP contribution in [0.4, 0.5) is 0 Å². The van der Waals surface area contributed by atoms with Crippen molar-refractivity contribution in [3.05, 3.63) is 78.9 Å². The summed E-state index contributed by atoms with van der Waals surface area (Å²) in [7, 11) is -10.2. The van der Waals surface area contributed by atoms with Crippen molar-refractivity contribution in [1.82, 2.24) is 0 Å². The molecule has 11 heteroatoms. The zero-order valence-electron chi connectivity index (χ0n) is 15.7. The standard InChI is InChI=1S/C18H15O6PS2.2K/c19-26(20,21)17-10-6-15(7-11-17)25(14-4-2-1-3-5-14)16-8-12-18(13-9-16)27(22,23)24;;/h1-13H,(H,19,20,21)(H,22,23,24);;/q;2*+1/p-2. The smallest absolute Gasteiger partial charge is 0.744 e. The van der Waals surface area contributed by atoms with Crippen molar-refractivity contribution in [3.63, 3.8) is 0 Å². The van der Waals surface area contributed by atoms with Crippen molar-refractivity contribution in [2.75, 3.05) is 0 Å². The zero-order valence-corrected chi connectivity index (χ0v) is 24.5. The molecule has 29 heavy (non-hydrogen) atoms. The van der Waals surface area contributed by atoms with E-state index < -0.39 is 28.2 Å². The maximum Gasteiger partial charge on any atom is 1.00 e. The van der Waals surface area contributed by atoms with Gasteiger partial charge < -0.3 is 9.11 Å². The van der Waals surface area contributed by atoms with E-state index in [9.17, 15) is 25.9 Å². The molecule has 0 aliphatic rings. The van der Waals surface area contributed by atoms with Gasteiger partial charge in [-0.1, -0.05) is 54.6 Å². The van der Waals surface area contributed by atoms with Gasteiger partial charge in [0.15, 0.2) is 0 Å². The third-order valence-electron chi connectivity index (χ3n) is 3.78. The van der Waals surface area contributed by atoms with Gasteiger partial charge in [0.1, 0.15) is 20.2 Å². The van der Waals surface area contributed by atoms with Gasteiger partial charge in [-0.05, 0) is 48.1 Å². The molecule has 0 radical (unpaired) electrons. The average molecular weight is 499 g/mol. The van der Waals surface area contributed by atoms with Crippen LogP contribution >= 0.6 is 7.92 Å². The van der Waals surface area contributed by atoms with Crippen molar-refractivity contribution < 1.29 is 129 Å². The Morgan fingerprint density at radius 2 is 0.828 bits per heavy atom. The van der Waals surface area contributed by atoms with Gasteiger partial charge in [0.25, 0.3) is 0 Å². The second-order valence-corrected chi connectivity index (χ2v) is 10.5. The van der Waals surface area contributed by atoms with E-state index in [0.29, 0.717) is 0 Å². The van der Waals surface area contributed by atoms with Crippen molar-refractivity contribution >= 4 is 44.1 Å². The average Bonchev–Trinajstić information content (AvgIpc) is 2.62. The topological polar surface area (TPSA) is 114 Å². The normalized spacial score (nSPS) is 11.4. The fraction of sp³-hybridized carbons (Fsp3) is 0. The molecule has 3 aromatic carbocycles. The van der Waals surface area contributed by atoms with E-state index in [1.807, 2.05) is 30.3 Å². The van der Waals surface area contributed by atoms with Gasteiger partial charge >= 0.3 is 103 Å². The second-order valence-electron chi connectivity index (χ2n) is 5.57. The van der Waals surface area contributed by atoms with E-state index in [2.05, 4.69) is 0 Å². The Morgan fingerprint density at radius 1 is 0.517 bits per heavy atom. The van der Waals surface area contributed by atoms with Gasteiger partial charge in [0.2, 0.25) is 0 Å². The molecule has 6 nitrogen and oxygen atoms in total. The van der Waals surface area contributed by atoms with Crippen LogP contribution in [-0.2, 0) is 20.2 Å². The summed E-state index contributed by atoms with van der Waals surface area (Å²) in [6, 6.07) is 20.7. The van der Waals surface area contributed by atoms with Gasteiger partial charge in [-0.25, -0.2) is 16.8 Å². The Hall–Kier alpha value is 1.18. The molecule has 0 aliphatic heterocycles. The minimum absolute atomic E-state index is 0. The summed E-state index contributed by atoms with van der Waals surface area (Å²) < 4.78 is 66.9. The molecule has 0 amide bonds. The van der Waals surface area contributed by atoms with Crippen molar-refractivity contribution in [2.24, 2.45) is 0 Å². The van der Waals surface area contributed by atoms with Crippen molar-refractivity contribution in [1.29, 1.82) is 0 Å². The predicted octanol–water partition coefficient (Wildman–Crippen LogP) is -4.74. The van der Waals surface area contributed by atoms with Crippen molar-refractivity contribution in [2.45, 2.75) is 9.79 Å². The Balaban J connectivity index is 0.00000210. The number of benzene rings is 3. The minimum atomic E-state index is -4.54. The fourth-order valence-electron chi connectivity index (χ4n) is 2.55. The van der Waals surface area contributed by atoms with Crippen LogP contribution in [0.15, 0.2) is 88.7 Å². The molecule has 140 valence electrons. The molecule has 0 unspecified atom stereocenters. The van der Waals surface area contributed by atoms with Gasteiger partial charge in [-0.15, -0.1) is 0 Å². The second kappa shape index (κ2) is 11.9. The van der Waals surface area contributed by atoms with Gasteiger partial charge in [0, 0.05) is 0 Å². The van der Waals surface area contributed by atoms with Crippen LogP contribution in [-0.4, -0.2) is 25.9 Å². The maximum absolute atomic E-state index is 11.1. The molecule has 0 atom stereocenters. The van der Waals surface area contributed by atoms with E-state index in [4.69, 9.17) is 0 Å². The molecule has 3 aromatic rings. The minimum Gasteiger partial charge on any atom is -0.744 e. The number of hydrogen-bond acceptors (Lipinski definition) is 6. The van der Waals surface area contributed by atoms with Gasteiger partial charge in [-0.3, -0.25) is 0 Å². The van der Waals surface area contributed by atoms with Crippen LogP contribution in [0.25, 0.3) is 0 Å². The first kappa shape index (κ1) is 28.2. The summed E-state index contributed by atoms with van der Waals surface area (Å²) in [6.45, 7) is 0. The molecule has 0 aromatic heterocycles. The fourth-order valence-corrected chi connectivity index (χ4v) is 5.75. The van der Waals surface area contributed by atoms with Crippen LogP contribution in [0.3, 0.4) is 0 Å². The Bertz CT molecular complexity index is 1080. The van der Waals surface area contributed by atoms with Crippen LogP contribution in [0, 0.1) is 0 Å². The van der Waals surface area contributed by atoms with Gasteiger partial charge in [0.05, 0.1) is 9.79 Å². The van der Waals surface area contributed by atoms with Crippen LogP contribution in [0.2, 0.25) is 0 Å². The Morgan fingerprint density at radius 3 is 1.14 bits per heavy atom. The van der Waals surface area contributed by atoms with Crippen LogP contribution in [0.5, 0.6) is 0 Å². The Labute approximate surface area is 256 Å². The number of rotatable bonds is 5. The van der Waals surface area contributed by atoms with Crippen LogP contribution in [0.1, 0.15) is 0 Å². The summed E-state index contributed by atoms with van der Waals surface area (Å²) in [6.07, 6.45) is 0. The predicted molar refractivity (Wildman–Crippen MR) is 101 cm³/mol. The third-order valence-corrected chi connectivity index (χ3v) is 7.92. The molecule has 0 saturated carbocycles. The molecular formula is C18H13K2O6PS2. The third kappa shape index (κ3) is 7.62. The zero-order chi connectivity index (χ0) is 19.7. The molecule has 0 saturated heterocycles. The molecule has 0 aliphatic carbocycles. The maximum atomic E-state index is 11.1. The van der Waals surface area contributed by atoms with E-state index in [0.717, 1.165) is 15.9 Å². The molecule has 0 bridgehead atoms. The molecule has 0 heterocycles. The summed E-state index contributed by atoms with van der Waals surface area (Å²) >= 11 is 0. The monoisotopic (exact) mass is 498 g/mol. The summed E-state index contributed by atoms with van der Waals surface area (Å²) in [5, 5.41) is 2.51. The molecule has 0 N–H and O–H groups in total. The Kier molecular flexibility index (Phi) is 11.6. The van der Waals surface area contributed by atoms with E-state index in [1.165, 1.54) is 24.3 Å². The van der Waals surface area contributed by atoms with E-state index >= 15 is 0 Å². The molecule has 3 rings (SSSR count). The first-order chi connectivity index (χ1) is 12.7. The summed E-state index contributed by atoms with van der Waals surface area (Å²) in [5.74, 6) is 0. The number of hydrogen-bond donors (Lipinski definition) is 0. The first-order valence-corrected chi connectivity index (χ1v) is 11.8. The summed E-state index contributed by atoms with van der Waals surface area (Å²) in [5.41, 5.74) is 0.